The molecule has 0 radical (unpaired) electrons. The van der Waals surface area contributed by atoms with E-state index in [9.17, 15) is 14.7 Å². The maximum atomic E-state index is 12.6. The number of nitrogens with one attached hydrogen (secondary N) is 1. The second-order valence-electron chi connectivity index (χ2n) is 8.22. The van der Waals surface area contributed by atoms with Crippen LogP contribution in [0.4, 0.5) is 0 Å². The van der Waals surface area contributed by atoms with Crippen molar-refractivity contribution in [2.75, 3.05) is 26.2 Å². The Balaban J connectivity index is 1.76. The molecule has 0 saturated carbocycles. The fraction of sp³-hybridized carbons (Fsp3) is 0.611. The number of H-pyrrole nitrogens is 1. The smallest absolute Gasteiger partial charge is 0.313 e. The predicted octanol–water partition coefficient (Wildman–Crippen LogP) is 1.24. The number of aromatic amines is 1. The number of nitrogens with zero attached hydrogens (tertiary/aromatic N) is 3. The van der Waals surface area contributed by atoms with Gasteiger partial charge in [-0.05, 0) is 6.07 Å². The van der Waals surface area contributed by atoms with Crippen LogP contribution in [0.1, 0.15) is 32.2 Å². The van der Waals surface area contributed by atoms with Crippen LogP contribution in [0.2, 0.25) is 0 Å². The van der Waals surface area contributed by atoms with Crippen molar-refractivity contribution >= 4 is 11.9 Å². The minimum atomic E-state index is -1.02. The third-order valence-electron chi connectivity index (χ3n) is 5.27. The van der Waals surface area contributed by atoms with E-state index in [1.165, 1.54) is 0 Å². The predicted molar refractivity (Wildman–Crippen MR) is 92.9 cm³/mol. The van der Waals surface area contributed by atoms with E-state index in [4.69, 9.17) is 0 Å². The van der Waals surface area contributed by atoms with Gasteiger partial charge in [-0.3, -0.25) is 19.6 Å². The van der Waals surface area contributed by atoms with Gasteiger partial charge in [0.25, 0.3) is 0 Å². The number of carboxylic acid groups (broad SMARTS) is 1. The van der Waals surface area contributed by atoms with Crippen LogP contribution in [0.15, 0.2) is 18.7 Å². The number of fused-ring (bicyclic) bond motifs is 1. The normalized spacial score (nSPS) is 26.9. The van der Waals surface area contributed by atoms with Crippen LogP contribution < -0.4 is 0 Å². The number of hydrogen-bond donors (Lipinski definition) is 2. The molecular weight excluding hydrogens is 320 g/mol. The van der Waals surface area contributed by atoms with Crippen LogP contribution in [0, 0.1) is 11.3 Å². The van der Waals surface area contributed by atoms with E-state index in [1.54, 1.807) is 11.0 Å². The van der Waals surface area contributed by atoms with E-state index >= 15 is 0 Å². The quantitative estimate of drug-likeness (QED) is 0.783. The molecular formula is C18H26N4O3. The van der Waals surface area contributed by atoms with E-state index in [0.29, 0.717) is 26.2 Å². The molecule has 2 fully saturated rings. The van der Waals surface area contributed by atoms with Crippen LogP contribution in [0.3, 0.4) is 0 Å². The molecule has 1 amide bonds. The molecule has 136 valence electrons. The number of amides is 1. The van der Waals surface area contributed by atoms with Crippen molar-refractivity contribution in [1.29, 1.82) is 0 Å². The molecule has 2 saturated heterocycles. The van der Waals surface area contributed by atoms with Crippen LogP contribution in [0.5, 0.6) is 0 Å². The summed E-state index contributed by atoms with van der Waals surface area (Å²) in [7, 11) is 0. The van der Waals surface area contributed by atoms with Gasteiger partial charge in [-0.25, -0.2) is 0 Å². The summed E-state index contributed by atoms with van der Waals surface area (Å²) in [6, 6.07) is 2.02. The highest BCUT2D eigenvalue weighted by molar-refractivity contribution is 5.92. The minimum absolute atomic E-state index is 0.0420. The lowest BCUT2D eigenvalue weighted by atomic mass is 9.81. The number of rotatable bonds is 5. The van der Waals surface area contributed by atoms with E-state index in [0.717, 1.165) is 11.4 Å². The van der Waals surface area contributed by atoms with Gasteiger partial charge in [-0.2, -0.15) is 5.10 Å². The molecule has 25 heavy (non-hydrogen) atoms. The molecule has 2 aliphatic heterocycles. The third-order valence-corrected chi connectivity index (χ3v) is 5.27. The highest BCUT2D eigenvalue weighted by Gasteiger charge is 2.61. The van der Waals surface area contributed by atoms with Crippen molar-refractivity contribution in [3.05, 3.63) is 30.1 Å². The Morgan fingerprint density at radius 2 is 2.24 bits per heavy atom. The summed E-state index contributed by atoms with van der Waals surface area (Å²) in [5.74, 6) is -1.46. The van der Waals surface area contributed by atoms with Gasteiger partial charge in [0, 0.05) is 43.8 Å². The summed E-state index contributed by atoms with van der Waals surface area (Å²) < 4.78 is 0. The lowest BCUT2D eigenvalue weighted by Gasteiger charge is -2.24. The first-order valence-electron chi connectivity index (χ1n) is 8.57. The Labute approximate surface area is 147 Å². The van der Waals surface area contributed by atoms with E-state index in [1.807, 2.05) is 11.0 Å². The number of carbonyl (C=O) groups is 2. The van der Waals surface area contributed by atoms with E-state index in [2.05, 4.69) is 37.5 Å². The fourth-order valence-electron chi connectivity index (χ4n) is 3.90. The molecule has 1 aromatic heterocycles. The fourth-order valence-corrected chi connectivity index (χ4v) is 3.90. The van der Waals surface area contributed by atoms with Gasteiger partial charge < -0.3 is 10.0 Å². The van der Waals surface area contributed by atoms with Gasteiger partial charge in [0.1, 0.15) is 5.41 Å². The number of likely N-dealkylation sites (tertiary alicyclic amines) is 2. The average Bonchev–Trinajstić information content (AvgIpc) is 3.16. The first kappa shape index (κ1) is 17.7. The van der Waals surface area contributed by atoms with Crippen LogP contribution in [-0.2, 0) is 21.5 Å². The molecule has 1 aromatic rings. The van der Waals surface area contributed by atoms with Crippen LogP contribution >= 0.6 is 0 Å². The van der Waals surface area contributed by atoms with Crippen molar-refractivity contribution in [3.63, 3.8) is 0 Å². The Hall–Kier alpha value is -2.15. The van der Waals surface area contributed by atoms with Gasteiger partial charge in [-0.1, -0.05) is 26.8 Å². The standard InChI is InChI=1S/C18H26N4O3/c1-5-6-22-11-18(16(24)25)10-21(9-13(18)15(22)23)8-12-7-14(20-19-12)17(2,3)4/h5,7,13H,1,6,8-11H2,2-4H3,(H,19,20)(H,24,25)/t13-,18-/m0/s1. The average molecular weight is 346 g/mol. The Bertz CT molecular complexity index is 705. The van der Waals surface area contributed by atoms with Crippen molar-refractivity contribution in [2.24, 2.45) is 11.3 Å². The number of aromatic nitrogens is 2. The molecule has 0 spiro atoms. The Morgan fingerprint density at radius 3 is 2.76 bits per heavy atom. The van der Waals surface area contributed by atoms with Crippen LogP contribution in [-0.4, -0.2) is 63.2 Å². The molecule has 0 unspecified atom stereocenters. The SMILES string of the molecule is C=CCN1C[C@@]2(C(=O)O)CN(Cc3cc(C(C)(C)C)n[nH]3)C[C@H]2C1=O. The first-order chi connectivity index (χ1) is 11.7. The number of carbonyl (C=O) groups excluding carboxylic acids is 1. The van der Waals surface area contributed by atoms with Gasteiger partial charge in [0.15, 0.2) is 0 Å². The zero-order valence-corrected chi connectivity index (χ0v) is 15.1. The summed E-state index contributed by atoms with van der Waals surface area (Å²) >= 11 is 0. The summed E-state index contributed by atoms with van der Waals surface area (Å²) in [5, 5.41) is 17.2. The van der Waals surface area contributed by atoms with Crippen molar-refractivity contribution in [3.8, 4) is 0 Å². The molecule has 7 nitrogen and oxygen atoms in total. The van der Waals surface area contributed by atoms with Gasteiger partial charge in [0.2, 0.25) is 5.91 Å². The topological polar surface area (TPSA) is 89.5 Å². The molecule has 0 bridgehead atoms. The number of hydrogen-bond acceptors (Lipinski definition) is 4. The van der Waals surface area contributed by atoms with Crippen molar-refractivity contribution in [2.45, 2.75) is 32.7 Å². The second-order valence-corrected chi connectivity index (χ2v) is 8.22. The summed E-state index contributed by atoms with van der Waals surface area (Å²) in [6.45, 7) is 12.0. The zero-order valence-electron chi connectivity index (χ0n) is 15.1. The van der Waals surface area contributed by atoms with Gasteiger partial charge in [-0.15, -0.1) is 6.58 Å². The lowest BCUT2D eigenvalue weighted by molar-refractivity contribution is -0.149. The number of aliphatic carboxylic acids is 1. The van der Waals surface area contributed by atoms with Crippen molar-refractivity contribution in [1.82, 2.24) is 20.0 Å². The molecule has 2 N–H and O–H groups in total. The summed E-state index contributed by atoms with van der Waals surface area (Å²) in [5.41, 5.74) is 0.857. The summed E-state index contributed by atoms with van der Waals surface area (Å²) in [6.07, 6.45) is 1.64. The monoisotopic (exact) mass is 346 g/mol. The molecule has 3 heterocycles. The molecule has 0 aromatic carbocycles. The maximum Gasteiger partial charge on any atom is 0.313 e. The molecule has 7 heteroatoms. The van der Waals surface area contributed by atoms with E-state index in [-0.39, 0.29) is 17.9 Å². The maximum absolute atomic E-state index is 12.6. The van der Waals surface area contributed by atoms with E-state index < -0.39 is 17.3 Å². The Kier molecular flexibility index (Phi) is 4.23. The lowest BCUT2D eigenvalue weighted by Crippen LogP contribution is -2.40. The summed E-state index contributed by atoms with van der Waals surface area (Å²) in [4.78, 5) is 28.2. The van der Waals surface area contributed by atoms with Crippen molar-refractivity contribution < 1.29 is 14.7 Å². The number of carboxylic acids is 1. The molecule has 2 aliphatic rings. The minimum Gasteiger partial charge on any atom is -0.481 e. The molecule has 0 aliphatic carbocycles. The van der Waals surface area contributed by atoms with Gasteiger partial charge >= 0.3 is 5.97 Å². The first-order valence-corrected chi connectivity index (χ1v) is 8.57. The zero-order chi connectivity index (χ0) is 18.4. The highest BCUT2D eigenvalue weighted by Crippen LogP contribution is 2.44. The second kappa shape index (κ2) is 5.98. The van der Waals surface area contributed by atoms with Gasteiger partial charge in [0.05, 0.1) is 11.6 Å². The molecule has 3 rings (SSSR count). The van der Waals surface area contributed by atoms with Crippen LogP contribution in [0.25, 0.3) is 0 Å². The largest absolute Gasteiger partial charge is 0.481 e. The molecule has 2 atom stereocenters. The Morgan fingerprint density at radius 1 is 1.52 bits per heavy atom. The third kappa shape index (κ3) is 2.97. The highest BCUT2D eigenvalue weighted by atomic mass is 16.4.